The van der Waals surface area contributed by atoms with Gasteiger partial charge >= 0.3 is 0 Å². The third-order valence-corrected chi connectivity index (χ3v) is 6.67. The molecule has 0 unspecified atom stereocenters. The number of nitrogens with zero attached hydrogens (tertiary/aromatic N) is 1. The minimum Gasteiger partial charge on any atom is -0.490 e. The van der Waals surface area contributed by atoms with Crippen molar-refractivity contribution in [2.75, 3.05) is 39.5 Å². The molecule has 164 valence electrons. The van der Waals surface area contributed by atoms with Crippen LogP contribution in [0.2, 0.25) is 5.02 Å². The first-order chi connectivity index (χ1) is 13.6. The number of rotatable bonds is 5. The highest BCUT2D eigenvalue weighted by molar-refractivity contribution is 6.30. The molecule has 0 bridgehead atoms. The van der Waals surface area contributed by atoms with Crippen molar-refractivity contribution in [3.63, 3.8) is 0 Å². The van der Waals surface area contributed by atoms with Gasteiger partial charge in [0.1, 0.15) is 18.0 Å². The van der Waals surface area contributed by atoms with Crippen LogP contribution < -0.4 is 4.74 Å². The Balaban J connectivity index is 1.56. The quantitative estimate of drug-likeness (QED) is 0.752. The van der Waals surface area contributed by atoms with Crippen molar-refractivity contribution in [1.82, 2.24) is 4.90 Å². The molecule has 5 nitrogen and oxygen atoms in total. The first kappa shape index (κ1) is 22.8. The standard InChI is InChI=1S/C23H36ClNO4/c1-21(2,3)18-8-10-22(26,11-9-18)14-25-12-13-28-16-23(27,15-25)17-29-20-6-4-19(24)5-7-20/h4-7,18,26-27H,8-17H2,1-3H3/t18?,22?,23-/m1/s1. The van der Waals surface area contributed by atoms with E-state index in [4.69, 9.17) is 21.1 Å². The summed E-state index contributed by atoms with van der Waals surface area (Å²) in [6.07, 6.45) is 3.72. The van der Waals surface area contributed by atoms with E-state index < -0.39 is 11.2 Å². The smallest absolute Gasteiger partial charge is 0.134 e. The predicted molar refractivity (Wildman–Crippen MR) is 116 cm³/mol. The van der Waals surface area contributed by atoms with E-state index in [-0.39, 0.29) is 18.6 Å². The Hall–Kier alpha value is -0.850. The van der Waals surface area contributed by atoms with Crippen LogP contribution in [0.1, 0.15) is 46.5 Å². The van der Waals surface area contributed by atoms with Crippen molar-refractivity contribution < 1.29 is 19.7 Å². The van der Waals surface area contributed by atoms with Crippen molar-refractivity contribution in [2.24, 2.45) is 11.3 Å². The third kappa shape index (κ3) is 6.56. The summed E-state index contributed by atoms with van der Waals surface area (Å²) in [5.41, 5.74) is -1.52. The lowest BCUT2D eigenvalue weighted by Gasteiger charge is -2.43. The Morgan fingerprint density at radius 1 is 1.14 bits per heavy atom. The summed E-state index contributed by atoms with van der Waals surface area (Å²) >= 11 is 5.91. The van der Waals surface area contributed by atoms with Crippen molar-refractivity contribution in [2.45, 2.75) is 57.7 Å². The molecule has 29 heavy (non-hydrogen) atoms. The molecule has 6 heteroatoms. The molecular formula is C23H36ClNO4. The first-order valence-corrected chi connectivity index (χ1v) is 11.1. The highest BCUT2D eigenvalue weighted by Gasteiger charge is 2.41. The zero-order chi connectivity index (χ0) is 21.1. The van der Waals surface area contributed by atoms with Gasteiger partial charge in [-0.1, -0.05) is 32.4 Å². The Kier molecular flexibility index (Phi) is 7.17. The number of hydrogen-bond donors (Lipinski definition) is 2. The molecule has 0 spiro atoms. The van der Waals surface area contributed by atoms with Crippen LogP contribution in [-0.2, 0) is 4.74 Å². The first-order valence-electron chi connectivity index (χ1n) is 10.7. The highest BCUT2D eigenvalue weighted by atomic mass is 35.5. The molecular weight excluding hydrogens is 390 g/mol. The molecule has 2 fully saturated rings. The molecule has 1 saturated carbocycles. The van der Waals surface area contributed by atoms with Crippen LogP contribution in [0.4, 0.5) is 0 Å². The fraction of sp³-hybridized carbons (Fsp3) is 0.739. The second kappa shape index (κ2) is 9.11. The second-order valence-corrected chi connectivity index (χ2v) is 10.5. The van der Waals surface area contributed by atoms with Crippen LogP contribution in [0.3, 0.4) is 0 Å². The largest absolute Gasteiger partial charge is 0.490 e. The van der Waals surface area contributed by atoms with Crippen LogP contribution in [0, 0.1) is 11.3 Å². The van der Waals surface area contributed by atoms with Gasteiger partial charge in [-0.25, -0.2) is 0 Å². The lowest BCUT2D eigenvalue weighted by Crippen LogP contribution is -2.53. The Bertz CT molecular complexity index is 652. The Morgan fingerprint density at radius 2 is 1.79 bits per heavy atom. The summed E-state index contributed by atoms with van der Waals surface area (Å²) < 4.78 is 11.5. The van der Waals surface area contributed by atoms with E-state index in [1.165, 1.54) is 0 Å². The molecule has 0 radical (unpaired) electrons. The van der Waals surface area contributed by atoms with Gasteiger partial charge in [0.15, 0.2) is 0 Å². The Labute approximate surface area is 180 Å². The lowest BCUT2D eigenvalue weighted by atomic mass is 9.68. The topological polar surface area (TPSA) is 62.2 Å². The monoisotopic (exact) mass is 425 g/mol. The number of ether oxygens (including phenoxy) is 2. The maximum absolute atomic E-state index is 11.2. The van der Waals surface area contributed by atoms with Gasteiger partial charge in [0.05, 0.1) is 18.8 Å². The molecule has 1 aromatic rings. The molecule has 1 aromatic carbocycles. The number of aliphatic hydroxyl groups is 2. The summed E-state index contributed by atoms with van der Waals surface area (Å²) in [5.74, 6) is 1.32. The van der Waals surface area contributed by atoms with Crippen molar-refractivity contribution in [3.05, 3.63) is 29.3 Å². The number of hydrogen-bond acceptors (Lipinski definition) is 5. The summed E-state index contributed by atoms with van der Waals surface area (Å²) in [7, 11) is 0. The van der Waals surface area contributed by atoms with Crippen LogP contribution >= 0.6 is 11.6 Å². The van der Waals surface area contributed by atoms with Crippen molar-refractivity contribution in [3.8, 4) is 5.75 Å². The van der Waals surface area contributed by atoms with Gasteiger partial charge in [-0.3, -0.25) is 4.90 Å². The van der Waals surface area contributed by atoms with E-state index in [1.807, 2.05) is 0 Å². The van der Waals surface area contributed by atoms with Gasteiger partial charge in [0, 0.05) is 24.7 Å². The van der Waals surface area contributed by atoms with Crippen molar-refractivity contribution >= 4 is 11.6 Å². The number of β-amino-alcohol motifs (C(OH)–C–C–N with tert-alkyl or cyclic N) is 2. The fourth-order valence-corrected chi connectivity index (χ4v) is 4.69. The summed E-state index contributed by atoms with van der Waals surface area (Å²) in [4.78, 5) is 2.13. The molecule has 1 heterocycles. The zero-order valence-corrected chi connectivity index (χ0v) is 18.7. The molecule has 2 aliphatic rings. The summed E-state index contributed by atoms with van der Waals surface area (Å²) in [6.45, 7) is 9.45. The maximum atomic E-state index is 11.2. The molecule has 0 amide bonds. The van der Waals surface area contributed by atoms with E-state index in [2.05, 4.69) is 25.7 Å². The SMILES string of the molecule is CC(C)(C)C1CCC(O)(CN2CCOC[C@@](O)(COc3ccc(Cl)cc3)C2)CC1. The fourth-order valence-electron chi connectivity index (χ4n) is 4.56. The average molecular weight is 426 g/mol. The van der Waals surface area contributed by atoms with Crippen LogP contribution in [-0.4, -0.2) is 65.8 Å². The number of halogens is 1. The van der Waals surface area contributed by atoms with Gasteiger partial charge in [-0.15, -0.1) is 0 Å². The van der Waals surface area contributed by atoms with Crippen LogP contribution in [0.25, 0.3) is 0 Å². The van der Waals surface area contributed by atoms with E-state index in [1.54, 1.807) is 24.3 Å². The van der Waals surface area contributed by atoms with Gasteiger partial charge in [0.25, 0.3) is 0 Å². The number of benzene rings is 1. The molecule has 3 rings (SSSR count). The maximum Gasteiger partial charge on any atom is 0.134 e. The minimum absolute atomic E-state index is 0.135. The van der Waals surface area contributed by atoms with E-state index >= 15 is 0 Å². The highest BCUT2D eigenvalue weighted by Crippen LogP contribution is 2.41. The van der Waals surface area contributed by atoms with Gasteiger partial charge in [-0.2, -0.15) is 0 Å². The van der Waals surface area contributed by atoms with E-state index in [9.17, 15) is 10.2 Å². The van der Waals surface area contributed by atoms with E-state index in [0.29, 0.717) is 42.9 Å². The van der Waals surface area contributed by atoms with Gasteiger partial charge < -0.3 is 19.7 Å². The molecule has 1 atom stereocenters. The summed E-state index contributed by atoms with van der Waals surface area (Å²) in [5, 5.41) is 22.9. The molecule has 2 N–H and O–H groups in total. The average Bonchev–Trinajstić information content (AvgIpc) is 2.82. The second-order valence-electron chi connectivity index (χ2n) is 10.1. The zero-order valence-electron chi connectivity index (χ0n) is 18.0. The van der Waals surface area contributed by atoms with Crippen molar-refractivity contribution in [1.29, 1.82) is 0 Å². The normalized spacial score (nSPS) is 32.0. The molecule has 1 aliphatic carbocycles. The van der Waals surface area contributed by atoms with Crippen LogP contribution in [0.5, 0.6) is 5.75 Å². The third-order valence-electron chi connectivity index (χ3n) is 6.42. The molecule has 0 aromatic heterocycles. The van der Waals surface area contributed by atoms with Gasteiger partial charge in [0.2, 0.25) is 0 Å². The van der Waals surface area contributed by atoms with Crippen LogP contribution in [0.15, 0.2) is 24.3 Å². The Morgan fingerprint density at radius 3 is 2.41 bits per heavy atom. The molecule has 1 saturated heterocycles. The lowest BCUT2D eigenvalue weighted by molar-refractivity contribution is -0.0807. The van der Waals surface area contributed by atoms with Gasteiger partial charge in [-0.05, 0) is 61.3 Å². The predicted octanol–water partition coefficient (Wildman–Crippen LogP) is 3.75. The summed E-state index contributed by atoms with van der Waals surface area (Å²) in [6, 6.07) is 7.11. The van der Waals surface area contributed by atoms with E-state index in [0.717, 1.165) is 25.7 Å². The molecule has 1 aliphatic heterocycles. The minimum atomic E-state index is -1.12.